The van der Waals surface area contributed by atoms with Gasteiger partial charge in [0.1, 0.15) is 6.61 Å². The van der Waals surface area contributed by atoms with Crippen LogP contribution in [0, 0.1) is 5.92 Å². The van der Waals surface area contributed by atoms with Crippen molar-refractivity contribution in [3.05, 3.63) is 11.1 Å². The summed E-state index contributed by atoms with van der Waals surface area (Å²) in [5.74, 6) is -1.04. The minimum atomic E-state index is -0.294. The van der Waals surface area contributed by atoms with Gasteiger partial charge in [0.15, 0.2) is 0 Å². The van der Waals surface area contributed by atoms with Crippen molar-refractivity contribution >= 4 is 17.8 Å². The lowest BCUT2D eigenvalue weighted by Gasteiger charge is -2.15. The van der Waals surface area contributed by atoms with Crippen molar-refractivity contribution in [2.24, 2.45) is 5.92 Å². The van der Waals surface area contributed by atoms with Gasteiger partial charge >= 0.3 is 5.97 Å². The molecular formula is C13H19NO4. The zero-order chi connectivity index (χ0) is 13.9. The maximum absolute atomic E-state index is 11.7. The van der Waals surface area contributed by atoms with Crippen molar-refractivity contribution in [1.82, 2.24) is 4.90 Å². The summed E-state index contributed by atoms with van der Waals surface area (Å²) in [4.78, 5) is 35.9. The first-order valence-corrected chi connectivity index (χ1v) is 6.10. The van der Waals surface area contributed by atoms with Crippen LogP contribution in [0.1, 0.15) is 34.1 Å². The van der Waals surface area contributed by atoms with E-state index >= 15 is 0 Å². The molecule has 1 aliphatic rings. The Morgan fingerprint density at radius 2 is 1.72 bits per heavy atom. The van der Waals surface area contributed by atoms with E-state index in [9.17, 15) is 14.4 Å². The van der Waals surface area contributed by atoms with E-state index in [1.165, 1.54) is 0 Å². The van der Waals surface area contributed by atoms with Crippen molar-refractivity contribution in [2.75, 3.05) is 13.2 Å². The molecule has 100 valence electrons. The van der Waals surface area contributed by atoms with Gasteiger partial charge in [-0.05, 0) is 20.3 Å². The number of esters is 1. The second kappa shape index (κ2) is 5.80. The summed E-state index contributed by atoms with van der Waals surface area (Å²) in [6.45, 7) is 7.11. The quantitative estimate of drug-likeness (QED) is 0.547. The Kier molecular flexibility index (Phi) is 4.64. The lowest BCUT2D eigenvalue weighted by atomic mass is 10.1. The summed E-state index contributed by atoms with van der Waals surface area (Å²) >= 11 is 0. The largest absolute Gasteiger partial charge is 0.464 e. The molecule has 0 aliphatic carbocycles. The molecule has 0 saturated heterocycles. The Balaban J connectivity index is 2.45. The van der Waals surface area contributed by atoms with Gasteiger partial charge in [-0.1, -0.05) is 13.8 Å². The Bertz CT molecular complexity index is 387. The fourth-order valence-corrected chi connectivity index (χ4v) is 1.57. The Morgan fingerprint density at radius 3 is 2.17 bits per heavy atom. The number of ether oxygens (including phenoxy) is 1. The van der Waals surface area contributed by atoms with E-state index in [4.69, 9.17) is 4.74 Å². The second-order valence-electron chi connectivity index (χ2n) is 4.49. The highest BCUT2D eigenvalue weighted by Crippen LogP contribution is 2.19. The highest BCUT2D eigenvalue weighted by molar-refractivity contribution is 6.18. The molecule has 5 nitrogen and oxygen atoms in total. The molecule has 0 N–H and O–H groups in total. The van der Waals surface area contributed by atoms with Crippen molar-refractivity contribution in [3.8, 4) is 0 Å². The van der Waals surface area contributed by atoms with Crippen molar-refractivity contribution in [3.63, 3.8) is 0 Å². The highest BCUT2D eigenvalue weighted by atomic mass is 16.5. The molecule has 0 radical (unpaired) electrons. The molecule has 0 aromatic heterocycles. The fraction of sp³-hybridized carbons (Fsp3) is 0.615. The predicted octanol–water partition coefficient (Wildman–Crippen LogP) is 1.28. The van der Waals surface area contributed by atoms with Crippen LogP contribution in [0.3, 0.4) is 0 Å². The molecule has 1 rings (SSSR count). The van der Waals surface area contributed by atoms with Gasteiger partial charge in [0, 0.05) is 11.1 Å². The maximum atomic E-state index is 11.7. The lowest BCUT2D eigenvalue weighted by Crippen LogP contribution is -2.35. The van der Waals surface area contributed by atoms with Gasteiger partial charge in [-0.25, -0.2) is 0 Å². The lowest BCUT2D eigenvalue weighted by molar-refractivity contribution is -0.151. The van der Waals surface area contributed by atoms with E-state index in [0.717, 1.165) is 4.90 Å². The molecule has 1 atom stereocenters. The van der Waals surface area contributed by atoms with Crippen LogP contribution >= 0.6 is 0 Å². The van der Waals surface area contributed by atoms with E-state index in [1.807, 2.05) is 6.92 Å². The molecule has 0 aromatic carbocycles. The summed E-state index contributed by atoms with van der Waals surface area (Å²) in [5, 5.41) is 0. The van der Waals surface area contributed by atoms with Crippen LogP contribution in [0.2, 0.25) is 0 Å². The average molecular weight is 253 g/mol. The normalized spacial score (nSPS) is 17.4. The molecule has 0 aromatic rings. The zero-order valence-electron chi connectivity index (χ0n) is 11.3. The minimum absolute atomic E-state index is 0.0568. The van der Waals surface area contributed by atoms with Gasteiger partial charge in [-0.2, -0.15) is 0 Å². The van der Waals surface area contributed by atoms with Gasteiger partial charge in [0.2, 0.25) is 0 Å². The number of amides is 2. The first-order valence-electron chi connectivity index (χ1n) is 6.10. The highest BCUT2D eigenvalue weighted by Gasteiger charge is 2.33. The average Bonchev–Trinajstić information content (AvgIpc) is 2.54. The van der Waals surface area contributed by atoms with Crippen molar-refractivity contribution in [2.45, 2.75) is 34.1 Å². The number of carbonyl (C=O) groups excluding carboxylic acids is 3. The van der Waals surface area contributed by atoms with E-state index < -0.39 is 0 Å². The van der Waals surface area contributed by atoms with E-state index in [0.29, 0.717) is 17.6 Å². The Labute approximate surface area is 107 Å². The molecule has 0 bridgehead atoms. The summed E-state index contributed by atoms with van der Waals surface area (Å²) < 4.78 is 5.02. The standard InChI is InChI=1S/C13H19NO4/c1-5-8(2)13(17)18-7-6-14-11(15)9(3)10(4)12(14)16/h8H,5-7H2,1-4H3. The smallest absolute Gasteiger partial charge is 0.308 e. The third kappa shape index (κ3) is 2.78. The molecule has 1 heterocycles. The van der Waals surface area contributed by atoms with Crippen molar-refractivity contribution in [1.29, 1.82) is 0 Å². The monoisotopic (exact) mass is 253 g/mol. The summed E-state index contributed by atoms with van der Waals surface area (Å²) in [7, 11) is 0. The molecule has 18 heavy (non-hydrogen) atoms. The molecule has 1 unspecified atom stereocenters. The number of imide groups is 1. The molecular weight excluding hydrogens is 234 g/mol. The fourth-order valence-electron chi connectivity index (χ4n) is 1.57. The molecule has 1 aliphatic heterocycles. The van der Waals surface area contributed by atoms with Gasteiger partial charge in [0.25, 0.3) is 11.8 Å². The Morgan fingerprint density at radius 1 is 1.22 bits per heavy atom. The van der Waals surface area contributed by atoms with Crippen LogP contribution in [0.4, 0.5) is 0 Å². The first kappa shape index (κ1) is 14.4. The summed E-state index contributed by atoms with van der Waals surface area (Å²) in [6.07, 6.45) is 0.709. The van der Waals surface area contributed by atoms with E-state index in [1.54, 1.807) is 20.8 Å². The van der Waals surface area contributed by atoms with Crippen molar-refractivity contribution < 1.29 is 19.1 Å². The SMILES string of the molecule is CCC(C)C(=O)OCCN1C(=O)C(C)=C(C)C1=O. The van der Waals surface area contributed by atoms with Crippen LogP contribution < -0.4 is 0 Å². The van der Waals surface area contributed by atoms with Crippen LogP contribution in [-0.2, 0) is 19.1 Å². The minimum Gasteiger partial charge on any atom is -0.464 e. The van der Waals surface area contributed by atoms with E-state index in [-0.39, 0.29) is 36.9 Å². The van der Waals surface area contributed by atoms with Crippen LogP contribution in [-0.4, -0.2) is 35.8 Å². The predicted molar refractivity (Wildman–Crippen MR) is 65.5 cm³/mol. The van der Waals surface area contributed by atoms with Gasteiger partial charge in [-0.3, -0.25) is 19.3 Å². The number of rotatable bonds is 5. The molecule has 2 amide bonds. The van der Waals surface area contributed by atoms with Gasteiger partial charge in [0.05, 0.1) is 12.5 Å². The number of hydrogen-bond donors (Lipinski definition) is 0. The number of carbonyl (C=O) groups is 3. The third-order valence-corrected chi connectivity index (χ3v) is 3.27. The van der Waals surface area contributed by atoms with Gasteiger partial charge in [-0.15, -0.1) is 0 Å². The van der Waals surface area contributed by atoms with Crippen LogP contribution in [0.25, 0.3) is 0 Å². The van der Waals surface area contributed by atoms with E-state index in [2.05, 4.69) is 0 Å². The molecule has 0 fully saturated rings. The van der Waals surface area contributed by atoms with Crippen LogP contribution in [0.15, 0.2) is 11.1 Å². The molecule has 5 heteroatoms. The summed E-state index contributed by atoms with van der Waals surface area (Å²) in [6, 6.07) is 0. The third-order valence-electron chi connectivity index (χ3n) is 3.27. The Hall–Kier alpha value is -1.65. The van der Waals surface area contributed by atoms with Gasteiger partial charge < -0.3 is 4.74 Å². The molecule has 0 saturated carbocycles. The summed E-state index contributed by atoms with van der Waals surface area (Å²) in [5.41, 5.74) is 0.932. The van der Waals surface area contributed by atoms with Crippen LogP contribution in [0.5, 0.6) is 0 Å². The number of hydrogen-bond acceptors (Lipinski definition) is 4. The molecule has 0 spiro atoms. The zero-order valence-corrected chi connectivity index (χ0v) is 11.3. The number of nitrogens with zero attached hydrogens (tertiary/aromatic N) is 1. The first-order chi connectivity index (χ1) is 8.40. The maximum Gasteiger partial charge on any atom is 0.308 e. The second-order valence-corrected chi connectivity index (χ2v) is 4.49. The topological polar surface area (TPSA) is 63.7 Å².